The van der Waals surface area contributed by atoms with Gasteiger partial charge in [-0.05, 0) is 49.8 Å². The number of aromatic nitrogens is 1. The van der Waals surface area contributed by atoms with Crippen LogP contribution in [0.15, 0.2) is 18.3 Å². The first kappa shape index (κ1) is 14.9. The fourth-order valence-corrected chi connectivity index (χ4v) is 4.09. The maximum atomic E-state index is 13.0. The van der Waals surface area contributed by atoms with Gasteiger partial charge in [-0.3, -0.25) is 9.88 Å². The average molecular weight is 291 g/mol. The summed E-state index contributed by atoms with van der Waals surface area (Å²) in [6.45, 7) is 4.43. The number of nitrogens with two attached hydrogens (primary N) is 1. The zero-order valence-electron chi connectivity index (χ0n) is 12.8. The lowest BCUT2D eigenvalue weighted by Crippen LogP contribution is -2.39. The molecular formula is C17H26FN3. The van der Waals surface area contributed by atoms with E-state index in [9.17, 15) is 4.39 Å². The van der Waals surface area contributed by atoms with Crippen molar-refractivity contribution in [1.82, 2.24) is 9.88 Å². The summed E-state index contributed by atoms with van der Waals surface area (Å²) in [5, 5.41) is 0. The van der Waals surface area contributed by atoms with Gasteiger partial charge in [0.25, 0.3) is 0 Å². The fourth-order valence-electron chi connectivity index (χ4n) is 4.09. The molecule has 1 aliphatic carbocycles. The summed E-state index contributed by atoms with van der Waals surface area (Å²) in [5.41, 5.74) is 7.12. The first-order valence-electron chi connectivity index (χ1n) is 8.26. The Kier molecular flexibility index (Phi) is 4.55. The van der Waals surface area contributed by atoms with Crippen molar-refractivity contribution < 1.29 is 4.39 Å². The second kappa shape index (κ2) is 6.41. The molecule has 21 heavy (non-hydrogen) atoms. The van der Waals surface area contributed by atoms with Crippen LogP contribution in [0.3, 0.4) is 0 Å². The van der Waals surface area contributed by atoms with Crippen LogP contribution in [0.5, 0.6) is 0 Å². The second-order valence-corrected chi connectivity index (χ2v) is 6.80. The van der Waals surface area contributed by atoms with Crippen LogP contribution < -0.4 is 5.73 Å². The highest BCUT2D eigenvalue weighted by Crippen LogP contribution is 2.37. The fraction of sp³-hybridized carbons (Fsp3) is 0.706. The normalized spacial score (nSPS) is 29.1. The van der Waals surface area contributed by atoms with Crippen LogP contribution in [0.1, 0.15) is 50.8 Å². The van der Waals surface area contributed by atoms with E-state index in [1.54, 1.807) is 6.07 Å². The highest BCUT2D eigenvalue weighted by atomic mass is 19.1. The van der Waals surface area contributed by atoms with E-state index in [0.29, 0.717) is 5.92 Å². The minimum absolute atomic E-state index is 0.117. The zero-order valence-corrected chi connectivity index (χ0v) is 12.8. The highest BCUT2D eigenvalue weighted by Gasteiger charge is 2.36. The van der Waals surface area contributed by atoms with Crippen molar-refractivity contribution in [2.75, 3.05) is 13.1 Å². The Morgan fingerprint density at radius 3 is 2.90 bits per heavy atom. The number of hydrogen-bond donors (Lipinski definition) is 1. The summed E-state index contributed by atoms with van der Waals surface area (Å²) in [5.74, 6) is 0.943. The van der Waals surface area contributed by atoms with E-state index in [-0.39, 0.29) is 11.9 Å². The SMILES string of the molecule is CC(CN1CCC2CCCCC21)C(N)c1ccc(F)cn1. The Bertz CT molecular complexity index is 462. The topological polar surface area (TPSA) is 42.1 Å². The molecule has 2 aliphatic rings. The van der Waals surface area contributed by atoms with Gasteiger partial charge in [-0.15, -0.1) is 0 Å². The van der Waals surface area contributed by atoms with Gasteiger partial charge in [0.1, 0.15) is 5.82 Å². The molecule has 1 aromatic heterocycles. The van der Waals surface area contributed by atoms with Crippen LogP contribution in [0.2, 0.25) is 0 Å². The Balaban J connectivity index is 1.60. The van der Waals surface area contributed by atoms with Crippen molar-refractivity contribution >= 4 is 0 Å². The Morgan fingerprint density at radius 2 is 2.14 bits per heavy atom. The third-order valence-corrected chi connectivity index (χ3v) is 5.35. The van der Waals surface area contributed by atoms with E-state index in [0.717, 1.165) is 24.2 Å². The monoisotopic (exact) mass is 291 g/mol. The summed E-state index contributed by atoms with van der Waals surface area (Å²) in [4.78, 5) is 6.77. The lowest BCUT2D eigenvalue weighted by molar-refractivity contribution is 0.155. The van der Waals surface area contributed by atoms with Crippen molar-refractivity contribution in [2.24, 2.45) is 17.6 Å². The third kappa shape index (κ3) is 3.27. The Hall–Kier alpha value is -1.00. The quantitative estimate of drug-likeness (QED) is 0.926. The molecule has 0 spiro atoms. The smallest absolute Gasteiger partial charge is 0.141 e. The van der Waals surface area contributed by atoms with Crippen LogP contribution in [-0.2, 0) is 0 Å². The molecule has 0 bridgehead atoms. The van der Waals surface area contributed by atoms with E-state index < -0.39 is 0 Å². The van der Waals surface area contributed by atoms with Crippen molar-refractivity contribution in [2.45, 2.75) is 51.1 Å². The molecule has 0 radical (unpaired) electrons. The van der Waals surface area contributed by atoms with E-state index in [1.165, 1.54) is 50.9 Å². The van der Waals surface area contributed by atoms with Gasteiger partial charge < -0.3 is 5.73 Å². The lowest BCUT2D eigenvalue weighted by Gasteiger charge is -2.34. The average Bonchev–Trinajstić information content (AvgIpc) is 2.91. The molecule has 4 heteroatoms. The molecule has 4 atom stereocenters. The van der Waals surface area contributed by atoms with Gasteiger partial charge in [0, 0.05) is 12.6 Å². The number of likely N-dealkylation sites (tertiary alicyclic amines) is 1. The number of hydrogen-bond acceptors (Lipinski definition) is 3. The van der Waals surface area contributed by atoms with Crippen molar-refractivity contribution in [3.63, 3.8) is 0 Å². The predicted octanol–water partition coefficient (Wildman–Crippen LogP) is 3.12. The van der Waals surface area contributed by atoms with E-state index in [4.69, 9.17) is 5.73 Å². The zero-order chi connectivity index (χ0) is 14.8. The number of halogens is 1. The molecular weight excluding hydrogens is 265 g/mol. The second-order valence-electron chi connectivity index (χ2n) is 6.80. The molecule has 1 aromatic rings. The molecule has 1 aliphatic heterocycles. The summed E-state index contributed by atoms with van der Waals surface area (Å²) in [6, 6.07) is 3.81. The molecule has 0 aromatic carbocycles. The Labute approximate surface area is 126 Å². The van der Waals surface area contributed by atoms with Crippen LogP contribution in [0.25, 0.3) is 0 Å². The van der Waals surface area contributed by atoms with Crippen LogP contribution >= 0.6 is 0 Å². The van der Waals surface area contributed by atoms with Gasteiger partial charge in [0.15, 0.2) is 0 Å². The van der Waals surface area contributed by atoms with Crippen LogP contribution in [0.4, 0.5) is 4.39 Å². The minimum Gasteiger partial charge on any atom is -0.322 e. The molecule has 4 unspecified atom stereocenters. The van der Waals surface area contributed by atoms with Crippen molar-refractivity contribution in [3.8, 4) is 0 Å². The lowest BCUT2D eigenvalue weighted by atomic mass is 9.85. The van der Waals surface area contributed by atoms with Crippen LogP contribution in [-0.4, -0.2) is 29.0 Å². The Morgan fingerprint density at radius 1 is 1.33 bits per heavy atom. The predicted molar refractivity (Wildman–Crippen MR) is 82.2 cm³/mol. The van der Waals surface area contributed by atoms with Gasteiger partial charge in [0.05, 0.1) is 17.9 Å². The first-order chi connectivity index (χ1) is 10.1. The van der Waals surface area contributed by atoms with Gasteiger partial charge in [-0.25, -0.2) is 4.39 Å². The molecule has 3 nitrogen and oxygen atoms in total. The van der Waals surface area contributed by atoms with Gasteiger partial charge in [-0.2, -0.15) is 0 Å². The maximum absolute atomic E-state index is 13.0. The molecule has 2 fully saturated rings. The third-order valence-electron chi connectivity index (χ3n) is 5.35. The molecule has 3 rings (SSSR count). The first-order valence-corrected chi connectivity index (χ1v) is 8.26. The molecule has 1 saturated heterocycles. The number of fused-ring (bicyclic) bond motifs is 1. The minimum atomic E-state index is -0.303. The number of rotatable bonds is 4. The van der Waals surface area contributed by atoms with E-state index in [2.05, 4.69) is 16.8 Å². The molecule has 2 N–H and O–H groups in total. The largest absolute Gasteiger partial charge is 0.322 e. The summed E-state index contributed by atoms with van der Waals surface area (Å²) < 4.78 is 13.0. The summed E-state index contributed by atoms with van der Waals surface area (Å²) in [6.07, 6.45) is 8.14. The molecule has 1 saturated carbocycles. The molecule has 0 amide bonds. The van der Waals surface area contributed by atoms with Crippen LogP contribution in [0, 0.1) is 17.7 Å². The number of pyridine rings is 1. The standard InChI is InChI=1S/C17H26FN3/c1-12(17(19)15-7-6-14(18)10-20-15)11-21-9-8-13-4-2-3-5-16(13)21/h6-7,10,12-13,16-17H,2-5,8-9,11,19H2,1H3. The van der Waals surface area contributed by atoms with Gasteiger partial charge in [-0.1, -0.05) is 19.8 Å². The van der Waals surface area contributed by atoms with Crippen molar-refractivity contribution in [3.05, 3.63) is 29.8 Å². The van der Waals surface area contributed by atoms with Gasteiger partial charge in [0.2, 0.25) is 0 Å². The maximum Gasteiger partial charge on any atom is 0.141 e. The van der Waals surface area contributed by atoms with Gasteiger partial charge >= 0.3 is 0 Å². The summed E-state index contributed by atoms with van der Waals surface area (Å²) in [7, 11) is 0. The highest BCUT2D eigenvalue weighted by molar-refractivity contribution is 5.10. The van der Waals surface area contributed by atoms with E-state index in [1.807, 2.05) is 0 Å². The van der Waals surface area contributed by atoms with Crippen molar-refractivity contribution in [1.29, 1.82) is 0 Å². The summed E-state index contributed by atoms with van der Waals surface area (Å²) >= 11 is 0. The molecule has 116 valence electrons. The number of nitrogens with zero attached hydrogens (tertiary/aromatic N) is 2. The molecule has 2 heterocycles. The van der Waals surface area contributed by atoms with E-state index >= 15 is 0 Å².